The van der Waals surface area contributed by atoms with E-state index >= 15 is 0 Å². The van der Waals surface area contributed by atoms with E-state index < -0.39 is 17.4 Å². The molecule has 1 aliphatic heterocycles. The predicted octanol–water partition coefficient (Wildman–Crippen LogP) is 1.42. The molecule has 2 aromatic heterocycles. The Morgan fingerprint density at radius 1 is 1.32 bits per heavy atom. The van der Waals surface area contributed by atoms with Crippen LogP contribution in [0, 0.1) is 5.82 Å². The number of carbonyl (C=O) groups excluding carboxylic acids is 1. The summed E-state index contributed by atoms with van der Waals surface area (Å²) in [6.45, 7) is 1.16. The lowest BCUT2D eigenvalue weighted by Gasteiger charge is -2.27. The van der Waals surface area contributed by atoms with Crippen molar-refractivity contribution in [2.75, 3.05) is 18.5 Å². The molecule has 0 saturated carbocycles. The van der Waals surface area contributed by atoms with Gasteiger partial charge in [-0.1, -0.05) is 17.7 Å². The van der Waals surface area contributed by atoms with E-state index in [0.717, 1.165) is 10.4 Å². The lowest BCUT2D eigenvalue weighted by atomic mass is 10.2. The zero-order chi connectivity index (χ0) is 19.7. The summed E-state index contributed by atoms with van der Waals surface area (Å²) >= 11 is 5.64. The van der Waals surface area contributed by atoms with Crippen LogP contribution in [0.5, 0.6) is 0 Å². The Bertz CT molecular complexity index is 1090. The number of nitrogens with zero attached hydrogens (tertiary/aromatic N) is 3. The molecule has 0 atom stereocenters. The number of halogens is 2. The number of benzene rings is 1. The molecule has 0 aliphatic carbocycles. The second-order valence-corrected chi connectivity index (χ2v) is 6.89. The fourth-order valence-corrected chi connectivity index (χ4v) is 2.92. The predicted molar refractivity (Wildman–Crippen MR) is 101 cm³/mol. The van der Waals surface area contributed by atoms with E-state index in [1.54, 1.807) is 24.4 Å². The Labute approximate surface area is 163 Å². The van der Waals surface area contributed by atoms with E-state index in [1.807, 2.05) is 0 Å². The van der Waals surface area contributed by atoms with Crippen molar-refractivity contribution in [3.63, 3.8) is 0 Å². The van der Waals surface area contributed by atoms with Gasteiger partial charge in [0.2, 0.25) is 5.91 Å². The fourth-order valence-electron chi connectivity index (χ4n) is 2.81. The third-order valence-electron chi connectivity index (χ3n) is 4.36. The van der Waals surface area contributed by atoms with E-state index in [-0.39, 0.29) is 24.2 Å². The number of amides is 1. The van der Waals surface area contributed by atoms with Crippen LogP contribution < -0.4 is 16.3 Å². The van der Waals surface area contributed by atoms with Gasteiger partial charge in [0, 0.05) is 24.5 Å². The summed E-state index contributed by atoms with van der Waals surface area (Å²) in [5.74, 6) is -0.964. The minimum Gasteiger partial charge on any atom is -0.377 e. The zero-order valence-corrected chi connectivity index (χ0v) is 15.4. The zero-order valence-electron chi connectivity index (χ0n) is 14.7. The highest BCUT2D eigenvalue weighted by molar-refractivity contribution is 6.30. The van der Waals surface area contributed by atoms with Gasteiger partial charge in [0.15, 0.2) is 5.65 Å². The van der Waals surface area contributed by atoms with Gasteiger partial charge in [-0.05, 0) is 23.8 Å². The van der Waals surface area contributed by atoms with Crippen molar-refractivity contribution in [1.82, 2.24) is 19.5 Å². The third kappa shape index (κ3) is 3.85. The Morgan fingerprint density at radius 2 is 2.14 bits per heavy atom. The molecule has 0 bridgehead atoms. The third-order valence-corrected chi connectivity index (χ3v) is 4.67. The summed E-state index contributed by atoms with van der Waals surface area (Å²) in [6.07, 6.45) is 1.61. The molecule has 10 heteroatoms. The van der Waals surface area contributed by atoms with E-state index in [2.05, 4.69) is 15.7 Å². The number of fused-ring (bicyclic) bond motifs is 1. The number of hydrogen-bond acceptors (Lipinski definition) is 5. The lowest BCUT2D eigenvalue weighted by Crippen LogP contribution is -2.40. The van der Waals surface area contributed by atoms with Crippen LogP contribution >= 0.6 is 11.6 Å². The molecule has 1 amide bonds. The molecule has 1 aliphatic rings. The molecule has 2 N–H and O–H groups in total. The van der Waals surface area contributed by atoms with Crippen LogP contribution in [0.25, 0.3) is 5.65 Å². The number of ether oxygens (including phenoxy) is 1. The number of anilines is 1. The van der Waals surface area contributed by atoms with Gasteiger partial charge in [0.25, 0.3) is 0 Å². The first-order valence-electron chi connectivity index (χ1n) is 8.64. The van der Waals surface area contributed by atoms with Crippen molar-refractivity contribution in [3.8, 4) is 0 Å². The van der Waals surface area contributed by atoms with E-state index in [9.17, 15) is 14.0 Å². The molecule has 1 fully saturated rings. The number of carbonyl (C=O) groups is 1. The molecule has 0 spiro atoms. The minimum absolute atomic E-state index is 0.0185. The van der Waals surface area contributed by atoms with Crippen molar-refractivity contribution in [2.24, 2.45) is 0 Å². The summed E-state index contributed by atoms with van der Waals surface area (Å²) < 4.78 is 21.0. The molecular weight excluding hydrogens is 389 g/mol. The first-order chi connectivity index (χ1) is 13.5. The second-order valence-electron chi connectivity index (χ2n) is 6.49. The SMILES string of the molecule is O=C(Cn1nc2cc(NC3COC3)ccn2c1=O)NCc1ccc(Cl)c(F)c1. The lowest BCUT2D eigenvalue weighted by molar-refractivity contribution is -0.122. The van der Waals surface area contributed by atoms with Crippen LogP contribution in [0.4, 0.5) is 10.1 Å². The van der Waals surface area contributed by atoms with Gasteiger partial charge in [0.1, 0.15) is 12.4 Å². The molecule has 0 radical (unpaired) electrons. The monoisotopic (exact) mass is 405 g/mol. The molecule has 1 aromatic carbocycles. The highest BCUT2D eigenvalue weighted by Crippen LogP contribution is 2.15. The Kier molecular flexibility index (Phi) is 5.01. The van der Waals surface area contributed by atoms with Crippen LogP contribution in [0.2, 0.25) is 5.02 Å². The van der Waals surface area contributed by atoms with Gasteiger partial charge >= 0.3 is 5.69 Å². The Hall–Kier alpha value is -2.91. The molecule has 0 unspecified atom stereocenters. The molecule has 3 heterocycles. The molecule has 3 aromatic rings. The standard InChI is InChI=1S/C18H17ClFN5O3/c19-14-2-1-11(5-15(14)20)7-21-17(26)8-25-18(27)24-4-3-12(6-16(24)23-25)22-13-9-28-10-13/h1-6,13,22H,7-10H2,(H,21,26). The Balaban J connectivity index is 1.42. The fraction of sp³-hybridized carbons (Fsp3) is 0.278. The Morgan fingerprint density at radius 3 is 2.86 bits per heavy atom. The van der Waals surface area contributed by atoms with Crippen molar-refractivity contribution >= 4 is 28.8 Å². The summed E-state index contributed by atoms with van der Waals surface area (Å²) in [5.41, 5.74) is 1.41. The van der Waals surface area contributed by atoms with Gasteiger partial charge in [0.05, 0.1) is 24.3 Å². The first kappa shape index (κ1) is 18.5. The second kappa shape index (κ2) is 7.61. The minimum atomic E-state index is -0.553. The number of aromatic nitrogens is 3. The summed E-state index contributed by atoms with van der Waals surface area (Å²) in [5, 5.41) is 10.1. The van der Waals surface area contributed by atoms with Crippen LogP contribution in [0.1, 0.15) is 5.56 Å². The van der Waals surface area contributed by atoms with Crippen LogP contribution in [0.15, 0.2) is 41.3 Å². The number of hydrogen-bond donors (Lipinski definition) is 2. The topological polar surface area (TPSA) is 89.7 Å². The molecule has 28 heavy (non-hydrogen) atoms. The van der Waals surface area contributed by atoms with Gasteiger partial charge in [-0.2, -0.15) is 0 Å². The summed E-state index contributed by atoms with van der Waals surface area (Å²) in [7, 11) is 0. The molecule has 4 rings (SSSR count). The van der Waals surface area contributed by atoms with Gasteiger partial charge in [-0.25, -0.2) is 13.9 Å². The largest absolute Gasteiger partial charge is 0.377 e. The molecule has 146 valence electrons. The first-order valence-corrected chi connectivity index (χ1v) is 9.01. The number of nitrogens with one attached hydrogen (secondary N) is 2. The molecular formula is C18H17ClFN5O3. The van der Waals surface area contributed by atoms with Crippen LogP contribution in [-0.2, 0) is 22.6 Å². The molecule has 1 saturated heterocycles. The number of pyridine rings is 1. The smallest absolute Gasteiger partial charge is 0.350 e. The average molecular weight is 406 g/mol. The van der Waals surface area contributed by atoms with E-state index in [4.69, 9.17) is 16.3 Å². The van der Waals surface area contributed by atoms with Gasteiger partial charge in [-0.15, -0.1) is 5.10 Å². The van der Waals surface area contributed by atoms with Crippen molar-refractivity contribution in [1.29, 1.82) is 0 Å². The number of rotatable bonds is 6. The van der Waals surface area contributed by atoms with E-state index in [0.29, 0.717) is 24.4 Å². The maximum atomic E-state index is 13.4. The average Bonchev–Trinajstić information content (AvgIpc) is 2.94. The van der Waals surface area contributed by atoms with Crippen molar-refractivity contribution in [3.05, 3.63) is 63.4 Å². The van der Waals surface area contributed by atoms with Crippen molar-refractivity contribution in [2.45, 2.75) is 19.1 Å². The normalized spacial score (nSPS) is 14.1. The van der Waals surface area contributed by atoms with E-state index in [1.165, 1.54) is 16.5 Å². The summed E-state index contributed by atoms with van der Waals surface area (Å²) in [4.78, 5) is 24.6. The van der Waals surface area contributed by atoms with Gasteiger partial charge in [-0.3, -0.25) is 9.20 Å². The maximum Gasteiger partial charge on any atom is 0.350 e. The van der Waals surface area contributed by atoms with Crippen LogP contribution in [0.3, 0.4) is 0 Å². The maximum absolute atomic E-state index is 13.4. The highest BCUT2D eigenvalue weighted by atomic mass is 35.5. The summed E-state index contributed by atoms with van der Waals surface area (Å²) in [6, 6.07) is 8.05. The van der Waals surface area contributed by atoms with Crippen LogP contribution in [-0.4, -0.2) is 39.3 Å². The quantitative estimate of drug-likeness (QED) is 0.647. The molecule has 8 nitrogen and oxygen atoms in total. The highest BCUT2D eigenvalue weighted by Gasteiger charge is 2.18. The van der Waals surface area contributed by atoms with Gasteiger partial charge < -0.3 is 15.4 Å². The van der Waals surface area contributed by atoms with Crippen molar-refractivity contribution < 1.29 is 13.9 Å².